The summed E-state index contributed by atoms with van der Waals surface area (Å²) in [5, 5.41) is 2.91. The van der Waals surface area contributed by atoms with Crippen molar-refractivity contribution < 1.29 is 13.8 Å². The van der Waals surface area contributed by atoms with Crippen LogP contribution in [-0.4, -0.2) is 40.9 Å². The Morgan fingerprint density at radius 2 is 2.31 bits per heavy atom. The lowest BCUT2D eigenvalue weighted by Gasteiger charge is -2.15. The van der Waals surface area contributed by atoms with Gasteiger partial charge in [-0.25, -0.2) is 0 Å². The van der Waals surface area contributed by atoms with E-state index < -0.39 is 7.25 Å². The summed E-state index contributed by atoms with van der Waals surface area (Å²) in [7, 11) is 0.909. The maximum absolute atomic E-state index is 5.68. The third kappa shape index (κ3) is 3.83. The Balaban J connectivity index is 2.69. The smallest absolute Gasteiger partial charge is 0.456 e. The standard InChI is InChI=1S/C8H17B3N2O3/c1-4-5-9-8(2)14-10(6-7-12)16-11(13-3)15-9/h5,8,13H,1,6-7,12H2,2-3H3. The number of hydrogen-bond acceptors (Lipinski definition) is 5. The average Bonchev–Trinajstić information content (AvgIpc) is 2.40. The highest BCUT2D eigenvalue weighted by molar-refractivity contribution is 6.71. The third-order valence-corrected chi connectivity index (χ3v) is 2.31. The summed E-state index contributed by atoms with van der Waals surface area (Å²) in [4.78, 5) is 0. The van der Waals surface area contributed by atoms with Crippen molar-refractivity contribution in [2.24, 2.45) is 5.73 Å². The molecular weight excluding hydrogens is 205 g/mol. The second kappa shape index (κ2) is 6.96. The van der Waals surface area contributed by atoms with Crippen LogP contribution in [0.5, 0.6) is 0 Å². The Morgan fingerprint density at radius 3 is 2.88 bits per heavy atom. The Morgan fingerprint density at radius 1 is 1.56 bits per heavy atom. The molecule has 8 heteroatoms. The lowest BCUT2D eigenvalue weighted by Crippen LogP contribution is -2.43. The van der Waals surface area contributed by atoms with Gasteiger partial charge in [-0.05, 0) is 32.8 Å². The molecular formula is C8H17B3N2O3. The van der Waals surface area contributed by atoms with Crippen LogP contribution < -0.4 is 11.0 Å². The number of nitrogens with one attached hydrogen (secondary N) is 1. The molecule has 0 aromatic heterocycles. The maximum Gasteiger partial charge on any atom is 0.525 e. The summed E-state index contributed by atoms with van der Waals surface area (Å²) >= 11 is 0. The number of hydrogen-bond donors (Lipinski definition) is 2. The zero-order valence-electron chi connectivity index (χ0n) is 9.81. The van der Waals surface area contributed by atoms with Gasteiger partial charge in [0.25, 0.3) is 0 Å². The molecule has 0 radical (unpaired) electrons. The van der Waals surface area contributed by atoms with Gasteiger partial charge in [0.1, 0.15) is 0 Å². The molecule has 0 spiro atoms. The van der Waals surface area contributed by atoms with Crippen LogP contribution >= 0.6 is 0 Å². The average molecular weight is 222 g/mol. The molecule has 1 fully saturated rings. The van der Waals surface area contributed by atoms with Crippen molar-refractivity contribution >= 4 is 21.3 Å². The summed E-state index contributed by atoms with van der Waals surface area (Å²) in [6.07, 6.45) is 0.635. The van der Waals surface area contributed by atoms with E-state index in [1.165, 1.54) is 0 Å². The SMILES string of the molecule is C=C=CB1OB(NC)OB(CCN)OC1C. The van der Waals surface area contributed by atoms with Crippen molar-refractivity contribution in [1.29, 1.82) is 0 Å². The Hall–Kier alpha value is -0.485. The molecule has 0 aromatic carbocycles. The first-order valence-electron chi connectivity index (χ1n) is 5.41. The number of nitrogens with two attached hydrogens (primary N) is 1. The van der Waals surface area contributed by atoms with E-state index in [9.17, 15) is 0 Å². The predicted octanol–water partition coefficient (Wildman–Crippen LogP) is -0.499. The highest BCUT2D eigenvalue weighted by atomic mass is 16.7. The van der Waals surface area contributed by atoms with Gasteiger partial charge in [-0.15, -0.1) is 5.73 Å². The molecule has 0 aromatic rings. The molecule has 1 rings (SSSR count). The topological polar surface area (TPSA) is 65.7 Å². The zero-order chi connectivity index (χ0) is 12.0. The van der Waals surface area contributed by atoms with Gasteiger partial charge in [0.15, 0.2) is 0 Å². The van der Waals surface area contributed by atoms with Crippen molar-refractivity contribution in [2.45, 2.75) is 19.2 Å². The van der Waals surface area contributed by atoms with Gasteiger partial charge in [-0.3, -0.25) is 0 Å². The summed E-state index contributed by atoms with van der Waals surface area (Å²) < 4.78 is 16.9. The fraction of sp³-hybridized carbons (Fsp3) is 0.625. The molecule has 0 bridgehead atoms. The van der Waals surface area contributed by atoms with E-state index in [2.05, 4.69) is 17.5 Å². The molecule has 3 N–H and O–H groups in total. The molecule has 16 heavy (non-hydrogen) atoms. The monoisotopic (exact) mass is 222 g/mol. The quantitative estimate of drug-likeness (QED) is 0.495. The van der Waals surface area contributed by atoms with E-state index in [-0.39, 0.29) is 20.0 Å². The minimum atomic E-state index is -0.504. The van der Waals surface area contributed by atoms with E-state index in [4.69, 9.17) is 19.5 Å². The molecule has 1 heterocycles. The van der Waals surface area contributed by atoms with Crippen molar-refractivity contribution in [3.63, 3.8) is 0 Å². The van der Waals surface area contributed by atoms with E-state index in [0.717, 1.165) is 0 Å². The first-order valence-corrected chi connectivity index (χ1v) is 5.41. The van der Waals surface area contributed by atoms with Gasteiger partial charge in [0.05, 0.1) is 0 Å². The van der Waals surface area contributed by atoms with Gasteiger partial charge in [0, 0.05) is 6.00 Å². The highest BCUT2D eigenvalue weighted by Crippen LogP contribution is 2.12. The van der Waals surface area contributed by atoms with Crippen LogP contribution in [0.15, 0.2) is 18.3 Å². The van der Waals surface area contributed by atoms with E-state index in [1.807, 2.05) is 6.92 Å². The van der Waals surface area contributed by atoms with Crippen LogP contribution in [-0.2, 0) is 13.8 Å². The van der Waals surface area contributed by atoms with Crippen molar-refractivity contribution in [1.82, 2.24) is 5.23 Å². The summed E-state index contributed by atoms with van der Waals surface area (Å²) in [5.74, 6) is 1.73. The third-order valence-electron chi connectivity index (χ3n) is 2.31. The second-order valence-electron chi connectivity index (χ2n) is 3.58. The van der Waals surface area contributed by atoms with E-state index in [1.54, 1.807) is 13.0 Å². The van der Waals surface area contributed by atoms with Crippen LogP contribution in [0.1, 0.15) is 6.92 Å². The summed E-state index contributed by atoms with van der Waals surface area (Å²) in [5.41, 5.74) is 8.18. The van der Waals surface area contributed by atoms with Crippen LogP contribution in [0.25, 0.3) is 0 Å². The van der Waals surface area contributed by atoms with E-state index >= 15 is 0 Å². The lowest BCUT2D eigenvalue weighted by molar-refractivity contribution is 0.250. The molecule has 1 aliphatic rings. The largest absolute Gasteiger partial charge is 0.525 e. The lowest BCUT2D eigenvalue weighted by atomic mass is 9.61. The molecule has 1 aliphatic heterocycles. The molecule has 0 aliphatic carbocycles. The van der Waals surface area contributed by atoms with Gasteiger partial charge in [0.2, 0.25) is 0 Å². The fourth-order valence-corrected chi connectivity index (χ4v) is 1.47. The van der Waals surface area contributed by atoms with Gasteiger partial charge < -0.3 is 24.8 Å². The molecule has 1 atom stereocenters. The minimum absolute atomic E-state index is 0.121. The van der Waals surface area contributed by atoms with Gasteiger partial charge in [-0.2, -0.15) is 0 Å². The molecule has 1 saturated heterocycles. The normalized spacial score (nSPS) is 21.7. The van der Waals surface area contributed by atoms with Crippen LogP contribution in [0.2, 0.25) is 6.32 Å². The highest BCUT2D eigenvalue weighted by Gasteiger charge is 2.38. The van der Waals surface area contributed by atoms with Crippen molar-refractivity contribution in [3.8, 4) is 0 Å². The molecule has 0 saturated carbocycles. The Bertz CT molecular complexity index is 263. The minimum Gasteiger partial charge on any atom is -0.456 e. The summed E-state index contributed by atoms with van der Waals surface area (Å²) in [6.45, 7) is 5.73. The molecule has 86 valence electrons. The number of rotatable bonds is 4. The predicted molar refractivity (Wildman–Crippen MR) is 66.6 cm³/mol. The molecule has 1 unspecified atom stereocenters. The molecule has 0 amide bonds. The zero-order valence-corrected chi connectivity index (χ0v) is 9.81. The maximum atomic E-state index is 5.68. The van der Waals surface area contributed by atoms with E-state index in [0.29, 0.717) is 12.9 Å². The van der Waals surface area contributed by atoms with Crippen LogP contribution in [0, 0.1) is 0 Å². The van der Waals surface area contributed by atoms with Crippen LogP contribution in [0.4, 0.5) is 0 Å². The fourth-order valence-electron chi connectivity index (χ4n) is 1.47. The Kier molecular flexibility index (Phi) is 5.91. The molecule has 5 nitrogen and oxygen atoms in total. The first kappa shape index (κ1) is 13.6. The first-order chi connectivity index (χ1) is 7.71. The Labute approximate surface area is 97.8 Å². The van der Waals surface area contributed by atoms with Gasteiger partial charge in [-0.1, -0.05) is 6.58 Å². The van der Waals surface area contributed by atoms with Crippen molar-refractivity contribution in [3.05, 3.63) is 18.3 Å². The van der Waals surface area contributed by atoms with Gasteiger partial charge >= 0.3 is 21.3 Å². The van der Waals surface area contributed by atoms with Crippen LogP contribution in [0.3, 0.4) is 0 Å². The summed E-state index contributed by atoms with van der Waals surface area (Å²) in [6, 6.07) is -0.121. The second-order valence-corrected chi connectivity index (χ2v) is 3.58. The van der Waals surface area contributed by atoms with Crippen molar-refractivity contribution in [2.75, 3.05) is 13.6 Å².